The van der Waals surface area contributed by atoms with Gasteiger partial charge < -0.3 is 14.0 Å². The van der Waals surface area contributed by atoms with E-state index in [1.807, 2.05) is 52.8 Å². The topological polar surface area (TPSA) is 44.8 Å². The van der Waals surface area contributed by atoms with Crippen molar-refractivity contribution in [3.05, 3.63) is 34.3 Å². The molecule has 1 saturated heterocycles. The molecule has 4 nitrogen and oxygen atoms in total. The Bertz CT molecular complexity index is 599. The molecule has 132 valence electrons. The molecule has 1 heterocycles. The quantitative estimate of drug-likeness (QED) is 0.585. The van der Waals surface area contributed by atoms with Crippen molar-refractivity contribution in [3.8, 4) is 0 Å². The number of carbonyl (C=O) groups excluding carboxylic acids is 1. The van der Waals surface area contributed by atoms with Crippen molar-refractivity contribution in [2.45, 2.75) is 65.0 Å². The summed E-state index contributed by atoms with van der Waals surface area (Å²) in [5.74, 6) is -0.544. The van der Waals surface area contributed by atoms with E-state index >= 15 is 0 Å². The minimum absolute atomic E-state index is 0.185. The van der Waals surface area contributed by atoms with Gasteiger partial charge >= 0.3 is 13.1 Å². The summed E-state index contributed by atoms with van der Waals surface area (Å²) in [4.78, 5) is 12.1. The Hall–Kier alpha value is -1.04. The molecule has 1 aromatic rings. The molecule has 0 spiro atoms. The number of benzene rings is 1. The fourth-order valence-electron chi connectivity index (χ4n) is 2.66. The Morgan fingerprint density at radius 2 is 1.83 bits per heavy atom. The maximum atomic E-state index is 12.1. The lowest BCUT2D eigenvalue weighted by Crippen LogP contribution is -2.41. The van der Waals surface area contributed by atoms with Gasteiger partial charge in [-0.2, -0.15) is 0 Å². The van der Waals surface area contributed by atoms with E-state index < -0.39 is 18.3 Å². The van der Waals surface area contributed by atoms with E-state index in [0.29, 0.717) is 11.6 Å². The highest BCUT2D eigenvalue weighted by Crippen LogP contribution is 2.42. The number of rotatable bonds is 5. The van der Waals surface area contributed by atoms with Crippen LogP contribution in [0.4, 0.5) is 0 Å². The van der Waals surface area contributed by atoms with Crippen molar-refractivity contribution in [2.24, 2.45) is 0 Å². The van der Waals surface area contributed by atoms with Crippen LogP contribution in [0.2, 0.25) is 5.02 Å². The molecular formula is C18H26BClO4. The van der Waals surface area contributed by atoms with Crippen LogP contribution in [-0.2, 0) is 18.8 Å². The zero-order chi connectivity index (χ0) is 18.1. The summed E-state index contributed by atoms with van der Waals surface area (Å²) < 4.78 is 17.4. The monoisotopic (exact) mass is 352 g/mol. The first kappa shape index (κ1) is 19.3. The van der Waals surface area contributed by atoms with E-state index in [4.69, 9.17) is 25.6 Å². The van der Waals surface area contributed by atoms with Gasteiger partial charge in [-0.3, -0.25) is 4.79 Å². The van der Waals surface area contributed by atoms with Crippen LogP contribution in [-0.4, -0.2) is 30.9 Å². The summed E-state index contributed by atoms with van der Waals surface area (Å²) in [5, 5.41) is 0.665. The summed E-state index contributed by atoms with van der Waals surface area (Å²) in [7, 11) is -0.529. The molecule has 6 heteroatoms. The van der Waals surface area contributed by atoms with Crippen LogP contribution in [0.25, 0.3) is 0 Å². The lowest BCUT2D eigenvalue weighted by atomic mass is 9.66. The lowest BCUT2D eigenvalue weighted by molar-refractivity contribution is -0.143. The van der Waals surface area contributed by atoms with E-state index in [0.717, 1.165) is 11.1 Å². The van der Waals surface area contributed by atoms with Gasteiger partial charge in [-0.1, -0.05) is 23.7 Å². The largest absolute Gasteiger partial charge is 0.466 e. The van der Waals surface area contributed by atoms with E-state index in [9.17, 15) is 4.79 Å². The molecule has 1 unspecified atom stereocenters. The molecule has 0 saturated carbocycles. The zero-order valence-electron chi connectivity index (χ0n) is 15.3. The van der Waals surface area contributed by atoms with Crippen LogP contribution < -0.4 is 0 Å². The number of hydrogen-bond acceptors (Lipinski definition) is 4. The van der Waals surface area contributed by atoms with Gasteiger partial charge in [-0.05, 0) is 58.7 Å². The minimum atomic E-state index is -0.529. The van der Waals surface area contributed by atoms with Gasteiger partial charge in [0.1, 0.15) is 0 Å². The fraction of sp³-hybridized carbons (Fsp3) is 0.611. The molecule has 1 aliphatic rings. The second-order valence-corrected chi connectivity index (χ2v) is 7.66. The normalized spacial score (nSPS) is 20.0. The first-order valence-electron chi connectivity index (χ1n) is 8.34. The predicted molar refractivity (Wildman–Crippen MR) is 96.3 cm³/mol. The van der Waals surface area contributed by atoms with Gasteiger partial charge in [-0.25, -0.2) is 0 Å². The number of halogens is 1. The SMILES string of the molecule is CCOC(=O)CC(B1OC(C)(C)C(C)(C)O1)c1ccc(C)c(Cl)c1. The average molecular weight is 353 g/mol. The third-order valence-electron chi connectivity index (χ3n) is 4.92. The standard InChI is InChI=1S/C18H26BClO4/c1-7-22-16(21)11-14(13-9-8-12(2)15(20)10-13)19-23-17(3,4)18(5,6)24-19/h8-10,14H,7,11H2,1-6H3. The fourth-order valence-corrected chi connectivity index (χ4v) is 2.85. The summed E-state index contributed by atoms with van der Waals surface area (Å²) in [6.07, 6.45) is 0.185. The number of carbonyl (C=O) groups is 1. The van der Waals surface area contributed by atoms with Crippen LogP contribution in [0.15, 0.2) is 18.2 Å². The highest BCUT2D eigenvalue weighted by Gasteiger charge is 2.54. The van der Waals surface area contributed by atoms with Gasteiger partial charge in [0.05, 0.1) is 24.2 Å². The van der Waals surface area contributed by atoms with E-state index in [2.05, 4.69) is 0 Å². The van der Waals surface area contributed by atoms with Crippen LogP contribution in [0, 0.1) is 6.92 Å². The van der Waals surface area contributed by atoms with Crippen LogP contribution in [0.1, 0.15) is 58.0 Å². The van der Waals surface area contributed by atoms with Crippen molar-refractivity contribution in [3.63, 3.8) is 0 Å². The maximum Gasteiger partial charge on any atom is 0.466 e. The summed E-state index contributed by atoms with van der Waals surface area (Å²) in [6.45, 7) is 12.1. The minimum Gasteiger partial charge on any atom is -0.466 e. The van der Waals surface area contributed by atoms with Crippen LogP contribution >= 0.6 is 11.6 Å². The van der Waals surface area contributed by atoms with E-state index in [1.54, 1.807) is 6.92 Å². The first-order valence-corrected chi connectivity index (χ1v) is 8.72. The second kappa shape index (κ2) is 7.07. The molecule has 0 amide bonds. The molecule has 0 aromatic heterocycles. The summed E-state index contributed by atoms with van der Waals surface area (Å²) >= 11 is 6.28. The Kier molecular flexibility index (Phi) is 5.68. The third kappa shape index (κ3) is 3.96. The van der Waals surface area contributed by atoms with Gasteiger partial charge in [0.25, 0.3) is 0 Å². The molecule has 1 aromatic carbocycles. The number of hydrogen-bond donors (Lipinski definition) is 0. The van der Waals surface area contributed by atoms with E-state index in [1.165, 1.54) is 0 Å². The highest BCUT2D eigenvalue weighted by atomic mass is 35.5. The van der Waals surface area contributed by atoms with Crippen LogP contribution in [0.5, 0.6) is 0 Å². The van der Waals surface area contributed by atoms with Crippen molar-refractivity contribution in [2.75, 3.05) is 6.61 Å². The number of ether oxygens (including phenoxy) is 1. The van der Waals surface area contributed by atoms with Gasteiger partial charge in [0.15, 0.2) is 0 Å². The van der Waals surface area contributed by atoms with Crippen molar-refractivity contribution in [1.29, 1.82) is 0 Å². The van der Waals surface area contributed by atoms with Crippen LogP contribution in [0.3, 0.4) is 0 Å². The molecule has 1 aliphatic heterocycles. The maximum absolute atomic E-state index is 12.1. The summed E-state index contributed by atoms with van der Waals surface area (Å²) in [6, 6.07) is 5.79. The smallest absolute Gasteiger partial charge is 0.466 e. The van der Waals surface area contributed by atoms with Gasteiger partial charge in [-0.15, -0.1) is 0 Å². The van der Waals surface area contributed by atoms with Crippen molar-refractivity contribution >= 4 is 24.7 Å². The predicted octanol–water partition coefficient (Wildman–Crippen LogP) is 4.32. The average Bonchev–Trinajstić information content (AvgIpc) is 2.68. The molecule has 1 fully saturated rings. The zero-order valence-corrected chi connectivity index (χ0v) is 16.1. The molecule has 0 radical (unpaired) electrons. The first-order chi connectivity index (χ1) is 11.1. The Balaban J connectivity index is 2.33. The molecule has 2 rings (SSSR count). The Labute approximate surface area is 150 Å². The molecule has 0 N–H and O–H groups in total. The number of aryl methyl sites for hydroxylation is 1. The molecule has 24 heavy (non-hydrogen) atoms. The van der Waals surface area contributed by atoms with Gasteiger partial charge in [0.2, 0.25) is 0 Å². The third-order valence-corrected chi connectivity index (χ3v) is 5.32. The second-order valence-electron chi connectivity index (χ2n) is 7.25. The van der Waals surface area contributed by atoms with Crippen molar-refractivity contribution < 1.29 is 18.8 Å². The Morgan fingerprint density at radius 1 is 1.25 bits per heavy atom. The lowest BCUT2D eigenvalue weighted by Gasteiger charge is -2.32. The molecule has 1 atom stereocenters. The Morgan fingerprint density at radius 3 is 2.33 bits per heavy atom. The molecular weight excluding hydrogens is 326 g/mol. The van der Waals surface area contributed by atoms with Crippen molar-refractivity contribution in [1.82, 2.24) is 0 Å². The summed E-state index contributed by atoms with van der Waals surface area (Å²) in [5.41, 5.74) is 0.986. The van der Waals surface area contributed by atoms with E-state index in [-0.39, 0.29) is 18.2 Å². The molecule has 0 bridgehead atoms. The highest BCUT2D eigenvalue weighted by molar-refractivity contribution is 6.48. The van der Waals surface area contributed by atoms with Gasteiger partial charge in [0, 0.05) is 10.8 Å². The number of esters is 1. The molecule has 0 aliphatic carbocycles.